The third-order valence-electron chi connectivity index (χ3n) is 8.27. The van der Waals surface area contributed by atoms with E-state index in [0.29, 0.717) is 0 Å². The molecule has 1 radical (unpaired) electrons. The number of carbonyl (C=O) groups excluding carboxylic acids is 1. The molecule has 0 atom stereocenters. The molecule has 0 saturated carbocycles. The van der Waals surface area contributed by atoms with Gasteiger partial charge < -0.3 is 9.52 Å². The summed E-state index contributed by atoms with van der Waals surface area (Å²) in [6.07, 6.45) is 11.7. The second kappa shape index (κ2) is 16.1. The number of aromatic nitrogens is 3. The van der Waals surface area contributed by atoms with E-state index in [0.717, 1.165) is 64.6 Å². The number of hydrogen-bond donors (Lipinski definition) is 1. The summed E-state index contributed by atoms with van der Waals surface area (Å²) in [6, 6.07) is 18.1. The molecule has 0 bridgehead atoms. The monoisotopic (exact) mass is 783 g/mol. The van der Waals surface area contributed by atoms with Crippen LogP contribution in [0.2, 0.25) is 0 Å². The van der Waals surface area contributed by atoms with Gasteiger partial charge in [-0.15, -0.1) is 29.1 Å². The summed E-state index contributed by atoms with van der Waals surface area (Å²) in [7, 11) is 0. The van der Waals surface area contributed by atoms with Gasteiger partial charge in [-0.05, 0) is 43.2 Å². The first-order chi connectivity index (χ1) is 21.1. The molecule has 5 aromatic rings. The number of carbonyl (C=O) groups is 1. The quantitative estimate of drug-likeness (QED) is 0.0910. The Kier molecular flexibility index (Phi) is 12.8. The summed E-state index contributed by atoms with van der Waals surface area (Å²) >= 11 is 0. The molecule has 3 aromatic heterocycles. The number of aliphatic hydroxyl groups is 1. The summed E-state index contributed by atoms with van der Waals surface area (Å²) in [6.45, 7) is 14.8. The smallest absolute Gasteiger partial charge is 0.162 e. The molecular formula is C38H44IrN3O3-. The molecule has 239 valence electrons. The Morgan fingerprint density at radius 1 is 0.911 bits per heavy atom. The molecule has 0 spiro atoms. The van der Waals surface area contributed by atoms with E-state index in [4.69, 9.17) is 4.42 Å². The van der Waals surface area contributed by atoms with E-state index in [1.807, 2.05) is 52.1 Å². The average Bonchev–Trinajstić information content (AvgIpc) is 3.51. The molecule has 3 heterocycles. The summed E-state index contributed by atoms with van der Waals surface area (Å²) in [5.41, 5.74) is 5.57. The second-order valence-corrected chi connectivity index (χ2v) is 12.2. The molecule has 0 aliphatic heterocycles. The van der Waals surface area contributed by atoms with Crippen molar-refractivity contribution < 1.29 is 34.4 Å². The predicted octanol–water partition coefficient (Wildman–Crippen LogP) is 10.1. The van der Waals surface area contributed by atoms with Crippen LogP contribution in [-0.2, 0) is 30.3 Å². The van der Waals surface area contributed by atoms with E-state index in [9.17, 15) is 9.90 Å². The Morgan fingerprint density at radius 2 is 1.58 bits per heavy atom. The predicted molar refractivity (Wildman–Crippen MR) is 179 cm³/mol. The first kappa shape index (κ1) is 35.8. The minimum Gasteiger partial charge on any atom is -0.512 e. The Bertz CT molecular complexity index is 1740. The van der Waals surface area contributed by atoms with Crippen LogP contribution in [0.1, 0.15) is 79.7 Å². The van der Waals surface area contributed by atoms with Gasteiger partial charge in [0.1, 0.15) is 6.33 Å². The zero-order chi connectivity index (χ0) is 31.9. The SMILES string of the molecule is CC(C)(C)c1cc(-c2cc(-c3cncc4occc34)ncn2)[c-]c2ccccc12.CCC(CC)C(=O)/C=C(\O)C(CC)CC.[Ir]. The maximum Gasteiger partial charge on any atom is 0.162 e. The normalized spacial score (nSPS) is 11.9. The molecule has 7 heteroatoms. The summed E-state index contributed by atoms with van der Waals surface area (Å²) in [4.78, 5) is 25.0. The van der Waals surface area contributed by atoms with Crippen LogP contribution < -0.4 is 0 Å². The fourth-order valence-corrected chi connectivity index (χ4v) is 5.52. The topological polar surface area (TPSA) is 89.1 Å². The van der Waals surface area contributed by atoms with Crippen molar-refractivity contribution in [1.82, 2.24) is 15.0 Å². The van der Waals surface area contributed by atoms with Crippen LogP contribution in [0.5, 0.6) is 0 Å². The number of hydrogen-bond acceptors (Lipinski definition) is 6. The van der Waals surface area contributed by atoms with Crippen LogP contribution in [0.15, 0.2) is 83.7 Å². The number of rotatable bonds is 9. The van der Waals surface area contributed by atoms with Crippen LogP contribution in [-0.4, -0.2) is 25.8 Å². The molecule has 2 aromatic carbocycles. The molecule has 0 aliphatic rings. The molecular weight excluding hydrogens is 739 g/mol. The summed E-state index contributed by atoms with van der Waals surface area (Å²) in [5, 5.41) is 13.1. The van der Waals surface area contributed by atoms with Gasteiger partial charge >= 0.3 is 0 Å². The molecule has 45 heavy (non-hydrogen) atoms. The van der Waals surface area contributed by atoms with Gasteiger partial charge in [0.2, 0.25) is 0 Å². The van der Waals surface area contributed by atoms with Crippen LogP contribution >= 0.6 is 0 Å². The van der Waals surface area contributed by atoms with Crippen molar-refractivity contribution in [3.63, 3.8) is 0 Å². The van der Waals surface area contributed by atoms with E-state index < -0.39 is 0 Å². The van der Waals surface area contributed by atoms with Gasteiger partial charge in [-0.3, -0.25) is 14.8 Å². The largest absolute Gasteiger partial charge is 0.512 e. The van der Waals surface area contributed by atoms with E-state index in [-0.39, 0.29) is 48.9 Å². The minimum absolute atomic E-state index is 0. The van der Waals surface area contributed by atoms with Gasteiger partial charge in [0.05, 0.1) is 23.9 Å². The van der Waals surface area contributed by atoms with Crippen LogP contribution in [0.25, 0.3) is 44.3 Å². The van der Waals surface area contributed by atoms with E-state index in [1.54, 1.807) is 18.8 Å². The van der Waals surface area contributed by atoms with Crippen LogP contribution in [0.4, 0.5) is 0 Å². The fourth-order valence-electron chi connectivity index (χ4n) is 5.52. The van der Waals surface area contributed by atoms with Crippen molar-refractivity contribution in [3.8, 4) is 22.5 Å². The third kappa shape index (κ3) is 8.53. The molecule has 0 unspecified atom stereocenters. The van der Waals surface area contributed by atoms with Gasteiger partial charge in [0, 0.05) is 60.9 Å². The third-order valence-corrected chi connectivity index (χ3v) is 8.27. The zero-order valence-electron chi connectivity index (χ0n) is 27.4. The molecule has 0 fully saturated rings. The molecule has 0 aliphatic carbocycles. The number of benzene rings is 2. The molecule has 1 N–H and O–H groups in total. The Morgan fingerprint density at radius 3 is 2.24 bits per heavy atom. The molecule has 5 rings (SSSR count). The first-order valence-corrected chi connectivity index (χ1v) is 15.6. The minimum atomic E-state index is 0. The maximum atomic E-state index is 11.7. The van der Waals surface area contributed by atoms with Gasteiger partial charge in [-0.1, -0.05) is 77.6 Å². The van der Waals surface area contributed by atoms with Gasteiger partial charge in [0.25, 0.3) is 0 Å². The van der Waals surface area contributed by atoms with Crippen molar-refractivity contribution >= 4 is 27.5 Å². The maximum absolute atomic E-state index is 11.7. The Hall–Kier alpha value is -3.67. The number of aliphatic hydroxyl groups excluding tert-OH is 1. The first-order valence-electron chi connectivity index (χ1n) is 15.6. The van der Waals surface area contributed by atoms with E-state index in [2.05, 4.69) is 66.1 Å². The number of furan rings is 1. The number of fused-ring (bicyclic) bond motifs is 2. The van der Waals surface area contributed by atoms with E-state index >= 15 is 0 Å². The molecule has 0 amide bonds. The van der Waals surface area contributed by atoms with Crippen LogP contribution in [0.3, 0.4) is 0 Å². The van der Waals surface area contributed by atoms with Crippen molar-refractivity contribution in [1.29, 1.82) is 0 Å². The second-order valence-electron chi connectivity index (χ2n) is 12.2. The zero-order valence-corrected chi connectivity index (χ0v) is 29.7. The Labute approximate surface area is 280 Å². The van der Waals surface area contributed by atoms with Crippen LogP contribution in [0, 0.1) is 17.9 Å². The van der Waals surface area contributed by atoms with Gasteiger partial charge in [-0.25, -0.2) is 4.98 Å². The summed E-state index contributed by atoms with van der Waals surface area (Å²) < 4.78 is 5.48. The molecule has 0 saturated heterocycles. The van der Waals surface area contributed by atoms with Crippen molar-refractivity contribution in [2.24, 2.45) is 11.8 Å². The van der Waals surface area contributed by atoms with Crippen molar-refractivity contribution in [3.05, 3.63) is 90.9 Å². The number of allylic oxidation sites excluding steroid dienone is 2. The van der Waals surface area contributed by atoms with Gasteiger partial charge in [-0.2, -0.15) is 0 Å². The number of ketones is 1. The van der Waals surface area contributed by atoms with Gasteiger partial charge in [0.15, 0.2) is 11.4 Å². The average molecular weight is 783 g/mol. The number of pyridine rings is 1. The Balaban J connectivity index is 0.000000297. The summed E-state index contributed by atoms with van der Waals surface area (Å²) in [5.74, 6) is 0.547. The standard InChI is InChI=1S/C25H20N3O.C13H24O2.Ir/c1-25(2,3)21-11-17(10-16-6-4-5-7-18(16)21)22-12-23(28-15-27-22)20-13-26-14-24-19(20)8-9-29-24;1-5-10(6-2)12(14)9-13(15)11(7-3)8-4;/h4-9,11-15H,1-3H3;9-11,14H,5-8H2,1-4H3;/q-1;;/b;12-9-;. The van der Waals surface area contributed by atoms with Crippen molar-refractivity contribution in [2.45, 2.75) is 79.6 Å². The van der Waals surface area contributed by atoms with Crippen molar-refractivity contribution in [2.75, 3.05) is 0 Å². The molecule has 6 nitrogen and oxygen atoms in total. The fraction of sp³-hybridized carbons (Fsp3) is 0.368. The van der Waals surface area contributed by atoms with E-state index in [1.165, 1.54) is 17.0 Å². The number of nitrogens with zero attached hydrogens (tertiary/aromatic N) is 3.